The van der Waals surface area contributed by atoms with E-state index in [0.29, 0.717) is 12.8 Å². The quantitative estimate of drug-likeness (QED) is 0.548. The highest BCUT2D eigenvalue weighted by Crippen LogP contribution is 2.35. The van der Waals surface area contributed by atoms with Crippen LogP contribution >= 0.6 is 0 Å². The zero-order valence-electron chi connectivity index (χ0n) is 13.0. The molecule has 2 heterocycles. The van der Waals surface area contributed by atoms with Gasteiger partial charge in [-0.2, -0.15) is 0 Å². The van der Waals surface area contributed by atoms with Gasteiger partial charge in [-0.25, -0.2) is 0 Å². The summed E-state index contributed by atoms with van der Waals surface area (Å²) in [5, 5.41) is 0. The molecule has 0 bridgehead atoms. The Hall–Kier alpha value is -1.69. The van der Waals surface area contributed by atoms with Crippen LogP contribution in [0.4, 0.5) is 0 Å². The van der Waals surface area contributed by atoms with Gasteiger partial charge in [0.15, 0.2) is 0 Å². The first-order chi connectivity index (χ1) is 10.6. The van der Waals surface area contributed by atoms with Gasteiger partial charge in [-0.05, 0) is 19.9 Å². The molecule has 2 atom stereocenters. The Morgan fingerprint density at radius 1 is 1.05 bits per heavy atom. The minimum atomic E-state index is -0.198. The second-order valence-electron chi connectivity index (χ2n) is 6.42. The predicted molar refractivity (Wildman–Crippen MR) is 80.8 cm³/mol. The van der Waals surface area contributed by atoms with Crippen molar-refractivity contribution in [1.82, 2.24) is 14.7 Å². The molecule has 0 N–H and O–H groups in total. The van der Waals surface area contributed by atoms with Gasteiger partial charge in [0.05, 0.1) is 11.8 Å². The summed E-state index contributed by atoms with van der Waals surface area (Å²) in [5.74, 6) is -0.537. The molecule has 0 spiro atoms. The number of amides is 3. The molecule has 3 aliphatic rings. The Labute approximate surface area is 130 Å². The smallest absolute Gasteiger partial charge is 0.233 e. The van der Waals surface area contributed by atoms with Crippen molar-refractivity contribution in [3.63, 3.8) is 0 Å². The Balaban J connectivity index is 1.54. The van der Waals surface area contributed by atoms with Gasteiger partial charge in [0.1, 0.15) is 0 Å². The van der Waals surface area contributed by atoms with Crippen molar-refractivity contribution >= 4 is 17.7 Å². The van der Waals surface area contributed by atoms with E-state index in [2.05, 4.69) is 4.90 Å². The minimum Gasteiger partial charge on any atom is -0.340 e. The van der Waals surface area contributed by atoms with Crippen molar-refractivity contribution < 1.29 is 14.4 Å². The summed E-state index contributed by atoms with van der Waals surface area (Å²) in [4.78, 5) is 42.2. The zero-order valence-corrected chi connectivity index (χ0v) is 13.0. The van der Waals surface area contributed by atoms with Crippen molar-refractivity contribution in [2.45, 2.75) is 19.3 Å². The molecule has 2 saturated heterocycles. The average Bonchev–Trinajstić information content (AvgIpc) is 2.78. The van der Waals surface area contributed by atoms with Crippen molar-refractivity contribution in [1.29, 1.82) is 0 Å². The normalized spacial score (nSPS) is 29.1. The molecule has 1 aliphatic carbocycles. The van der Waals surface area contributed by atoms with Gasteiger partial charge in [-0.1, -0.05) is 12.2 Å². The summed E-state index contributed by atoms with van der Waals surface area (Å²) in [6.07, 6.45) is 5.50. The maximum absolute atomic E-state index is 12.3. The van der Waals surface area contributed by atoms with Gasteiger partial charge < -0.3 is 9.80 Å². The first-order valence-corrected chi connectivity index (χ1v) is 8.04. The second-order valence-corrected chi connectivity index (χ2v) is 6.42. The molecule has 22 heavy (non-hydrogen) atoms. The molecular weight excluding hydrogens is 282 g/mol. The van der Waals surface area contributed by atoms with E-state index in [1.165, 1.54) is 4.90 Å². The summed E-state index contributed by atoms with van der Waals surface area (Å²) in [6.45, 7) is 3.45. The lowest BCUT2D eigenvalue weighted by Crippen LogP contribution is -2.48. The molecule has 6 heteroatoms. The van der Waals surface area contributed by atoms with E-state index in [-0.39, 0.29) is 42.5 Å². The number of likely N-dealkylation sites (tertiary alicyclic amines) is 1. The predicted octanol–water partition coefficient (Wildman–Crippen LogP) is 0.102. The highest BCUT2D eigenvalue weighted by atomic mass is 16.2. The molecule has 2 aliphatic heterocycles. The Morgan fingerprint density at radius 3 is 2.14 bits per heavy atom. The highest BCUT2D eigenvalue weighted by molar-refractivity contribution is 6.05. The third-order valence-corrected chi connectivity index (χ3v) is 5.00. The summed E-state index contributed by atoms with van der Waals surface area (Å²) < 4.78 is 0. The molecule has 120 valence electrons. The number of fused-ring (bicyclic) bond motifs is 1. The van der Waals surface area contributed by atoms with Gasteiger partial charge in [0.2, 0.25) is 17.7 Å². The van der Waals surface area contributed by atoms with Crippen LogP contribution in [0.2, 0.25) is 0 Å². The van der Waals surface area contributed by atoms with Crippen LogP contribution < -0.4 is 0 Å². The highest BCUT2D eigenvalue weighted by Gasteiger charge is 2.46. The van der Waals surface area contributed by atoms with E-state index in [1.807, 2.05) is 24.1 Å². The van der Waals surface area contributed by atoms with Gasteiger partial charge in [0, 0.05) is 39.1 Å². The van der Waals surface area contributed by atoms with Crippen LogP contribution in [-0.4, -0.2) is 72.2 Å². The largest absolute Gasteiger partial charge is 0.340 e. The lowest BCUT2D eigenvalue weighted by molar-refractivity contribution is -0.141. The standard InChI is InChI=1S/C16H23N3O3/c1-17-8-10-18(11-9-17)14(20)6-7-19-15(21)12-4-2-3-5-13(12)16(19)22/h2-3,12-13H,4-11H2,1H3/t12-,13-/m1/s1. The number of hydrogen-bond donors (Lipinski definition) is 0. The van der Waals surface area contributed by atoms with E-state index >= 15 is 0 Å². The van der Waals surface area contributed by atoms with Gasteiger partial charge >= 0.3 is 0 Å². The van der Waals surface area contributed by atoms with E-state index in [9.17, 15) is 14.4 Å². The lowest BCUT2D eigenvalue weighted by atomic mass is 9.85. The molecule has 6 nitrogen and oxygen atoms in total. The summed E-state index contributed by atoms with van der Waals surface area (Å²) in [6, 6.07) is 0. The molecular formula is C16H23N3O3. The van der Waals surface area contributed by atoms with Crippen molar-refractivity contribution in [3.05, 3.63) is 12.2 Å². The van der Waals surface area contributed by atoms with Crippen LogP contribution in [0.25, 0.3) is 0 Å². The van der Waals surface area contributed by atoms with Gasteiger partial charge in [0.25, 0.3) is 0 Å². The van der Waals surface area contributed by atoms with Crippen LogP contribution in [-0.2, 0) is 14.4 Å². The van der Waals surface area contributed by atoms with Gasteiger partial charge in [-0.3, -0.25) is 19.3 Å². The molecule has 3 rings (SSSR count). The number of imide groups is 1. The molecule has 0 aromatic rings. The Kier molecular flexibility index (Phi) is 4.29. The fourth-order valence-corrected chi connectivity index (χ4v) is 3.51. The fourth-order valence-electron chi connectivity index (χ4n) is 3.51. The monoisotopic (exact) mass is 305 g/mol. The van der Waals surface area contributed by atoms with Crippen LogP contribution in [0.5, 0.6) is 0 Å². The molecule has 0 aromatic carbocycles. The van der Waals surface area contributed by atoms with Crippen molar-refractivity contribution in [2.24, 2.45) is 11.8 Å². The van der Waals surface area contributed by atoms with Crippen LogP contribution in [0.15, 0.2) is 12.2 Å². The summed E-state index contributed by atoms with van der Waals surface area (Å²) in [7, 11) is 2.04. The topological polar surface area (TPSA) is 60.9 Å². The number of allylic oxidation sites excluding steroid dienone is 2. The zero-order chi connectivity index (χ0) is 15.7. The summed E-state index contributed by atoms with van der Waals surface area (Å²) in [5.41, 5.74) is 0. The van der Waals surface area contributed by atoms with Crippen molar-refractivity contribution in [2.75, 3.05) is 39.8 Å². The van der Waals surface area contributed by atoms with E-state index < -0.39 is 0 Å². The van der Waals surface area contributed by atoms with Crippen LogP contribution in [0.1, 0.15) is 19.3 Å². The van der Waals surface area contributed by atoms with Gasteiger partial charge in [-0.15, -0.1) is 0 Å². The molecule has 0 unspecified atom stereocenters. The van der Waals surface area contributed by atoms with E-state index in [0.717, 1.165) is 26.2 Å². The maximum atomic E-state index is 12.3. The van der Waals surface area contributed by atoms with E-state index in [4.69, 9.17) is 0 Å². The average molecular weight is 305 g/mol. The number of nitrogens with zero attached hydrogens (tertiary/aromatic N) is 3. The Morgan fingerprint density at radius 2 is 1.59 bits per heavy atom. The van der Waals surface area contributed by atoms with Crippen LogP contribution in [0.3, 0.4) is 0 Å². The number of rotatable bonds is 3. The first kappa shape index (κ1) is 15.2. The number of piperazine rings is 1. The third-order valence-electron chi connectivity index (χ3n) is 5.00. The molecule has 3 amide bonds. The third kappa shape index (κ3) is 2.79. The molecule has 2 fully saturated rings. The number of hydrogen-bond acceptors (Lipinski definition) is 4. The molecule has 0 aromatic heterocycles. The number of carbonyl (C=O) groups is 3. The number of likely N-dealkylation sites (N-methyl/N-ethyl adjacent to an activating group) is 1. The van der Waals surface area contributed by atoms with E-state index in [1.54, 1.807) is 0 Å². The fraction of sp³-hybridized carbons (Fsp3) is 0.688. The SMILES string of the molecule is CN1CCN(C(=O)CCN2C(=O)[C@@H]3CC=CC[C@H]3C2=O)CC1. The lowest BCUT2D eigenvalue weighted by Gasteiger charge is -2.32. The van der Waals surface area contributed by atoms with Crippen LogP contribution in [0, 0.1) is 11.8 Å². The number of carbonyl (C=O) groups excluding carboxylic acids is 3. The minimum absolute atomic E-state index is 0.0432. The molecule has 0 radical (unpaired) electrons. The Bertz CT molecular complexity index is 483. The van der Waals surface area contributed by atoms with Crippen molar-refractivity contribution in [3.8, 4) is 0 Å². The first-order valence-electron chi connectivity index (χ1n) is 8.04. The summed E-state index contributed by atoms with van der Waals surface area (Å²) >= 11 is 0. The molecule has 0 saturated carbocycles. The second kappa shape index (κ2) is 6.20. The maximum Gasteiger partial charge on any atom is 0.233 e.